The highest BCUT2D eigenvalue weighted by molar-refractivity contribution is 6.31. The summed E-state index contributed by atoms with van der Waals surface area (Å²) in [6, 6.07) is 17.3. The van der Waals surface area contributed by atoms with Crippen molar-refractivity contribution in [2.75, 3.05) is 7.11 Å². The van der Waals surface area contributed by atoms with Crippen LogP contribution in [-0.4, -0.2) is 30.1 Å². The smallest absolute Gasteiger partial charge is 0.326 e. The Bertz CT molecular complexity index is 1160. The minimum Gasteiger partial charge on any atom is -0.493 e. The molecule has 6 nitrogen and oxygen atoms in total. The Hall–Kier alpha value is -3.84. The lowest BCUT2D eigenvalue weighted by Crippen LogP contribution is -2.41. The van der Waals surface area contributed by atoms with Crippen LogP contribution in [0.5, 0.6) is 11.5 Å². The third-order valence-electron chi connectivity index (χ3n) is 4.95. The molecule has 176 valence electrons. The van der Waals surface area contributed by atoms with Crippen LogP contribution in [0.4, 0.5) is 4.39 Å². The molecule has 0 aliphatic heterocycles. The Labute approximate surface area is 201 Å². The average Bonchev–Trinajstić information content (AvgIpc) is 2.83. The van der Waals surface area contributed by atoms with Crippen molar-refractivity contribution in [2.45, 2.75) is 19.1 Å². The molecule has 1 amide bonds. The van der Waals surface area contributed by atoms with Crippen LogP contribution in [0.2, 0.25) is 5.02 Å². The van der Waals surface area contributed by atoms with Crippen molar-refractivity contribution in [1.29, 1.82) is 0 Å². The maximum absolute atomic E-state index is 14.0. The van der Waals surface area contributed by atoms with Gasteiger partial charge in [-0.05, 0) is 41.5 Å². The molecular weight excluding hydrogens is 461 g/mol. The number of aliphatic carboxylic acids is 1. The van der Waals surface area contributed by atoms with E-state index >= 15 is 0 Å². The summed E-state index contributed by atoms with van der Waals surface area (Å²) in [5, 5.41) is 12.2. The molecule has 0 spiro atoms. The zero-order valence-electron chi connectivity index (χ0n) is 18.3. The first-order valence-electron chi connectivity index (χ1n) is 10.4. The molecule has 0 aromatic heterocycles. The second-order valence-corrected chi connectivity index (χ2v) is 7.73. The lowest BCUT2D eigenvalue weighted by atomic mass is 10.1. The molecule has 1 unspecified atom stereocenters. The number of hydrogen-bond donors (Lipinski definition) is 2. The number of rotatable bonds is 10. The lowest BCUT2D eigenvalue weighted by molar-refractivity contribution is -0.141. The molecule has 0 saturated carbocycles. The molecule has 3 aromatic carbocycles. The summed E-state index contributed by atoms with van der Waals surface area (Å²) in [5.41, 5.74) is 1.66. The SMILES string of the molecule is COc1cc(/C=C/C(=O)NC(Cc2ccccc2)C(=O)O)ccc1OCc1c(F)cccc1Cl. The van der Waals surface area contributed by atoms with E-state index in [1.807, 2.05) is 18.2 Å². The van der Waals surface area contributed by atoms with Gasteiger partial charge in [0.15, 0.2) is 11.5 Å². The molecule has 0 aliphatic carbocycles. The van der Waals surface area contributed by atoms with E-state index in [1.54, 1.807) is 36.4 Å². The van der Waals surface area contributed by atoms with Crippen molar-refractivity contribution in [3.63, 3.8) is 0 Å². The van der Waals surface area contributed by atoms with E-state index in [0.717, 1.165) is 5.56 Å². The number of carboxylic acids is 1. The Morgan fingerprint density at radius 3 is 2.53 bits per heavy atom. The molecular formula is C26H23ClFNO5. The zero-order chi connectivity index (χ0) is 24.5. The predicted octanol–water partition coefficient (Wildman–Crippen LogP) is 4.89. The molecule has 0 bridgehead atoms. The third kappa shape index (κ3) is 6.83. The van der Waals surface area contributed by atoms with Gasteiger partial charge in [-0.1, -0.05) is 54.1 Å². The van der Waals surface area contributed by atoms with Gasteiger partial charge in [0, 0.05) is 18.1 Å². The fourth-order valence-corrected chi connectivity index (χ4v) is 3.39. The molecule has 1 atom stereocenters. The number of carbonyl (C=O) groups is 2. The number of halogens is 2. The number of benzene rings is 3. The summed E-state index contributed by atoms with van der Waals surface area (Å²) >= 11 is 6.03. The van der Waals surface area contributed by atoms with Gasteiger partial charge >= 0.3 is 5.97 Å². The molecule has 3 rings (SSSR count). The van der Waals surface area contributed by atoms with E-state index in [-0.39, 0.29) is 23.6 Å². The van der Waals surface area contributed by atoms with Crippen LogP contribution in [-0.2, 0) is 22.6 Å². The number of carboxylic acid groups (broad SMARTS) is 1. The molecule has 34 heavy (non-hydrogen) atoms. The fourth-order valence-electron chi connectivity index (χ4n) is 3.17. The largest absolute Gasteiger partial charge is 0.493 e. The van der Waals surface area contributed by atoms with E-state index in [4.69, 9.17) is 21.1 Å². The van der Waals surface area contributed by atoms with Gasteiger partial charge in [0.05, 0.1) is 12.1 Å². The topological polar surface area (TPSA) is 84.9 Å². The molecule has 8 heteroatoms. The Kier molecular flexibility index (Phi) is 8.65. The van der Waals surface area contributed by atoms with Crippen molar-refractivity contribution in [1.82, 2.24) is 5.32 Å². The van der Waals surface area contributed by atoms with Crippen LogP contribution in [0.15, 0.2) is 72.8 Å². The lowest BCUT2D eigenvalue weighted by Gasteiger charge is -2.13. The van der Waals surface area contributed by atoms with Crippen molar-refractivity contribution in [3.05, 3.63) is 100 Å². The Balaban J connectivity index is 1.64. The highest BCUT2D eigenvalue weighted by Crippen LogP contribution is 2.30. The predicted molar refractivity (Wildman–Crippen MR) is 127 cm³/mol. The molecule has 0 heterocycles. The van der Waals surface area contributed by atoms with Crippen molar-refractivity contribution < 1.29 is 28.6 Å². The van der Waals surface area contributed by atoms with Gasteiger partial charge in [0.25, 0.3) is 0 Å². The second kappa shape index (κ2) is 11.9. The van der Waals surface area contributed by atoms with Gasteiger partial charge in [-0.2, -0.15) is 0 Å². The van der Waals surface area contributed by atoms with Crippen molar-refractivity contribution in [2.24, 2.45) is 0 Å². The van der Waals surface area contributed by atoms with E-state index in [2.05, 4.69) is 5.32 Å². The van der Waals surface area contributed by atoms with Crippen LogP contribution in [0, 0.1) is 5.82 Å². The van der Waals surface area contributed by atoms with Gasteiger partial charge in [-0.3, -0.25) is 4.79 Å². The van der Waals surface area contributed by atoms with Crippen LogP contribution in [0.25, 0.3) is 6.08 Å². The first-order valence-corrected chi connectivity index (χ1v) is 10.7. The zero-order valence-corrected chi connectivity index (χ0v) is 19.1. The van der Waals surface area contributed by atoms with E-state index in [0.29, 0.717) is 17.1 Å². The summed E-state index contributed by atoms with van der Waals surface area (Å²) in [6.45, 7) is -0.0859. The van der Waals surface area contributed by atoms with Crippen LogP contribution in [0.1, 0.15) is 16.7 Å². The summed E-state index contributed by atoms with van der Waals surface area (Å²) in [4.78, 5) is 23.8. The summed E-state index contributed by atoms with van der Waals surface area (Å²) in [5.74, 6) is -1.38. The minimum atomic E-state index is -1.12. The number of ether oxygens (including phenoxy) is 2. The standard InChI is InChI=1S/C26H23ClFNO5/c1-33-24-15-18(10-12-23(24)34-16-19-20(27)8-5-9-21(19)28)11-13-25(30)29-22(26(31)32)14-17-6-3-2-4-7-17/h2-13,15,22H,14,16H2,1H3,(H,29,30)(H,31,32)/b13-11+. The highest BCUT2D eigenvalue weighted by Gasteiger charge is 2.19. The van der Waals surface area contributed by atoms with E-state index in [9.17, 15) is 19.1 Å². The van der Waals surface area contributed by atoms with Gasteiger partial charge in [0.2, 0.25) is 5.91 Å². The molecule has 2 N–H and O–H groups in total. The second-order valence-electron chi connectivity index (χ2n) is 7.32. The number of hydrogen-bond acceptors (Lipinski definition) is 4. The quantitative estimate of drug-likeness (QED) is 0.401. The molecule has 0 radical (unpaired) electrons. The van der Waals surface area contributed by atoms with Gasteiger partial charge in [0.1, 0.15) is 18.5 Å². The average molecular weight is 484 g/mol. The van der Waals surface area contributed by atoms with Crippen LogP contribution >= 0.6 is 11.6 Å². The number of amides is 1. The van der Waals surface area contributed by atoms with Gasteiger partial charge < -0.3 is 19.9 Å². The van der Waals surface area contributed by atoms with E-state index in [1.165, 1.54) is 31.4 Å². The van der Waals surface area contributed by atoms with Crippen LogP contribution < -0.4 is 14.8 Å². The summed E-state index contributed by atoms with van der Waals surface area (Å²) < 4.78 is 25.0. The normalized spacial score (nSPS) is 11.7. The van der Waals surface area contributed by atoms with E-state index < -0.39 is 23.7 Å². The monoisotopic (exact) mass is 483 g/mol. The molecule has 3 aromatic rings. The minimum absolute atomic E-state index is 0.0859. The molecule has 0 saturated heterocycles. The first-order chi connectivity index (χ1) is 16.4. The molecule has 0 fully saturated rings. The van der Waals surface area contributed by atoms with Gasteiger partial charge in [-0.25, -0.2) is 9.18 Å². The van der Waals surface area contributed by atoms with Gasteiger partial charge in [-0.15, -0.1) is 0 Å². The number of methoxy groups -OCH3 is 1. The number of nitrogens with one attached hydrogen (secondary N) is 1. The van der Waals surface area contributed by atoms with Crippen molar-refractivity contribution in [3.8, 4) is 11.5 Å². The van der Waals surface area contributed by atoms with Crippen molar-refractivity contribution >= 4 is 29.6 Å². The Morgan fingerprint density at radius 1 is 1.09 bits per heavy atom. The third-order valence-corrected chi connectivity index (χ3v) is 5.30. The highest BCUT2D eigenvalue weighted by atomic mass is 35.5. The Morgan fingerprint density at radius 2 is 1.85 bits per heavy atom. The first kappa shape index (κ1) is 24.8. The number of carbonyl (C=O) groups excluding carboxylic acids is 1. The fraction of sp³-hybridized carbons (Fsp3) is 0.154. The maximum atomic E-state index is 14.0. The molecule has 0 aliphatic rings. The maximum Gasteiger partial charge on any atom is 0.326 e. The van der Waals surface area contributed by atoms with Crippen LogP contribution in [0.3, 0.4) is 0 Å². The summed E-state index contributed by atoms with van der Waals surface area (Å²) in [6.07, 6.45) is 2.94. The summed E-state index contributed by atoms with van der Waals surface area (Å²) in [7, 11) is 1.46.